The zero-order valence-corrected chi connectivity index (χ0v) is 17.7. The number of unbranched alkanes of at least 4 members (excludes halogenated alkanes) is 2. The topological polar surface area (TPSA) is 0 Å². The summed E-state index contributed by atoms with van der Waals surface area (Å²) in [6.45, 7) is 7.11. The van der Waals surface area contributed by atoms with Crippen molar-refractivity contribution in [3.05, 3.63) is 35.4 Å². The summed E-state index contributed by atoms with van der Waals surface area (Å²) in [6, 6.07) is 9.55. The van der Waals surface area contributed by atoms with Gasteiger partial charge in [0.1, 0.15) is 0 Å². The fourth-order valence-corrected chi connectivity index (χ4v) is 5.99. The van der Waals surface area contributed by atoms with Crippen LogP contribution in [0.4, 0.5) is 0 Å². The first-order chi connectivity index (χ1) is 12.7. The number of hydrogen-bond acceptors (Lipinski definition) is 0. The number of hydrogen-bond donors (Lipinski definition) is 0. The Balaban J connectivity index is 1.46. The molecule has 1 unspecified atom stereocenters. The van der Waals surface area contributed by atoms with Crippen LogP contribution in [0.25, 0.3) is 0 Å². The van der Waals surface area contributed by atoms with E-state index in [1.54, 1.807) is 5.56 Å². The van der Waals surface area contributed by atoms with Gasteiger partial charge >= 0.3 is 0 Å². The summed E-state index contributed by atoms with van der Waals surface area (Å²) in [6.07, 6.45) is 17.5. The van der Waals surface area contributed by atoms with Gasteiger partial charge in [0.15, 0.2) is 0 Å². The normalized spacial score (nSPS) is 32.5. The third-order valence-corrected chi connectivity index (χ3v) is 7.80. The van der Waals surface area contributed by atoms with Crippen LogP contribution in [0.2, 0.25) is 0 Å². The van der Waals surface area contributed by atoms with Gasteiger partial charge < -0.3 is 0 Å². The summed E-state index contributed by atoms with van der Waals surface area (Å²) in [7, 11) is 0. The third kappa shape index (κ3) is 5.14. The molecule has 3 atom stereocenters. The molecule has 146 valence electrons. The van der Waals surface area contributed by atoms with E-state index in [0.717, 1.165) is 36.0 Å². The molecule has 2 aliphatic carbocycles. The molecular weight excluding hydrogens is 312 g/mol. The molecule has 26 heavy (non-hydrogen) atoms. The van der Waals surface area contributed by atoms with Crippen molar-refractivity contribution in [3.8, 4) is 0 Å². The van der Waals surface area contributed by atoms with Gasteiger partial charge in [-0.25, -0.2) is 0 Å². The quantitative estimate of drug-likeness (QED) is 0.433. The van der Waals surface area contributed by atoms with E-state index >= 15 is 0 Å². The minimum Gasteiger partial charge on any atom is -0.0654 e. The zero-order valence-electron chi connectivity index (χ0n) is 17.7. The lowest BCUT2D eigenvalue weighted by molar-refractivity contribution is 0.130. The molecule has 0 radical (unpaired) electrons. The lowest BCUT2D eigenvalue weighted by Gasteiger charge is -2.41. The van der Waals surface area contributed by atoms with Gasteiger partial charge in [-0.15, -0.1) is 0 Å². The Labute approximate surface area is 163 Å². The van der Waals surface area contributed by atoms with Crippen LogP contribution in [0.3, 0.4) is 0 Å². The molecule has 0 aromatic heterocycles. The third-order valence-electron chi connectivity index (χ3n) is 7.80. The minimum atomic E-state index is 0.808. The van der Waals surface area contributed by atoms with Crippen LogP contribution in [0.5, 0.6) is 0 Å². The highest BCUT2D eigenvalue weighted by Crippen LogP contribution is 2.46. The van der Waals surface area contributed by atoms with E-state index in [4.69, 9.17) is 0 Å². The molecule has 2 fully saturated rings. The lowest BCUT2D eigenvalue weighted by Crippen LogP contribution is -2.29. The molecule has 0 aliphatic heterocycles. The smallest absolute Gasteiger partial charge is 0.0136 e. The van der Waals surface area contributed by atoms with Crippen molar-refractivity contribution in [2.45, 2.75) is 104 Å². The molecule has 0 heteroatoms. The van der Waals surface area contributed by atoms with Crippen LogP contribution < -0.4 is 0 Å². The first kappa shape index (κ1) is 20.0. The second-order valence-electron chi connectivity index (χ2n) is 9.53. The molecule has 0 saturated heterocycles. The van der Waals surface area contributed by atoms with Gasteiger partial charge in [-0.2, -0.15) is 0 Å². The predicted octanol–water partition coefficient (Wildman–Crippen LogP) is 8.16. The highest BCUT2D eigenvalue weighted by atomic mass is 14.4. The highest BCUT2D eigenvalue weighted by Gasteiger charge is 2.34. The van der Waals surface area contributed by atoms with Crippen molar-refractivity contribution in [1.82, 2.24) is 0 Å². The Kier molecular flexibility index (Phi) is 7.64. The van der Waals surface area contributed by atoms with Crippen LogP contribution >= 0.6 is 0 Å². The summed E-state index contributed by atoms with van der Waals surface area (Å²) in [5.74, 6) is 4.80. The maximum atomic E-state index is 2.53. The maximum absolute atomic E-state index is 2.53. The Hall–Kier alpha value is -0.780. The van der Waals surface area contributed by atoms with E-state index in [-0.39, 0.29) is 0 Å². The fraction of sp³-hybridized carbons (Fsp3) is 0.769. The van der Waals surface area contributed by atoms with Crippen molar-refractivity contribution < 1.29 is 0 Å². The summed E-state index contributed by atoms with van der Waals surface area (Å²) in [5.41, 5.74) is 3.08. The van der Waals surface area contributed by atoms with Crippen molar-refractivity contribution in [2.24, 2.45) is 23.7 Å². The average Bonchev–Trinajstić information content (AvgIpc) is 2.69. The first-order valence-corrected chi connectivity index (χ1v) is 11.8. The monoisotopic (exact) mass is 354 g/mol. The molecule has 0 bridgehead atoms. The zero-order chi connectivity index (χ0) is 18.4. The number of benzene rings is 1. The van der Waals surface area contributed by atoms with E-state index in [2.05, 4.69) is 45.0 Å². The molecule has 0 nitrogen and oxygen atoms in total. The van der Waals surface area contributed by atoms with Crippen LogP contribution in [-0.4, -0.2) is 0 Å². The SMILES string of the molecule is CCCCCC1CCC(C2CC[C@@H](c3ccc(CC)cc3)[C@H](C)C2)CC1. The van der Waals surface area contributed by atoms with Crippen molar-refractivity contribution >= 4 is 0 Å². The highest BCUT2D eigenvalue weighted by molar-refractivity contribution is 5.26. The molecule has 0 N–H and O–H groups in total. The molecule has 3 rings (SSSR count). The Morgan fingerprint density at radius 1 is 0.808 bits per heavy atom. The van der Waals surface area contributed by atoms with E-state index < -0.39 is 0 Å². The molecule has 1 aromatic rings. The van der Waals surface area contributed by atoms with E-state index in [1.165, 1.54) is 76.2 Å². The van der Waals surface area contributed by atoms with E-state index in [0.29, 0.717) is 0 Å². The van der Waals surface area contributed by atoms with Crippen molar-refractivity contribution in [2.75, 3.05) is 0 Å². The number of rotatable bonds is 7. The van der Waals surface area contributed by atoms with Crippen LogP contribution in [0.15, 0.2) is 24.3 Å². The van der Waals surface area contributed by atoms with Gasteiger partial charge in [0.2, 0.25) is 0 Å². The fourth-order valence-electron chi connectivity index (χ4n) is 5.99. The Morgan fingerprint density at radius 3 is 2.12 bits per heavy atom. The Bertz CT molecular complexity index is 505. The second-order valence-corrected chi connectivity index (χ2v) is 9.53. The van der Waals surface area contributed by atoms with Crippen molar-refractivity contribution in [3.63, 3.8) is 0 Å². The predicted molar refractivity (Wildman–Crippen MR) is 115 cm³/mol. The van der Waals surface area contributed by atoms with Gasteiger partial charge in [-0.05, 0) is 79.2 Å². The van der Waals surface area contributed by atoms with E-state index in [1.807, 2.05) is 0 Å². The van der Waals surface area contributed by atoms with Crippen LogP contribution in [0, 0.1) is 23.7 Å². The summed E-state index contributed by atoms with van der Waals surface area (Å²) >= 11 is 0. The van der Waals surface area contributed by atoms with E-state index in [9.17, 15) is 0 Å². The van der Waals surface area contributed by atoms with Crippen LogP contribution in [0.1, 0.15) is 108 Å². The summed E-state index contributed by atoms with van der Waals surface area (Å²) in [5, 5.41) is 0. The molecule has 1 aromatic carbocycles. The second kappa shape index (κ2) is 9.95. The van der Waals surface area contributed by atoms with Gasteiger partial charge in [-0.3, -0.25) is 0 Å². The minimum absolute atomic E-state index is 0.808. The molecule has 2 aliphatic rings. The maximum Gasteiger partial charge on any atom is -0.0136 e. The van der Waals surface area contributed by atoms with Crippen molar-refractivity contribution in [1.29, 1.82) is 0 Å². The first-order valence-electron chi connectivity index (χ1n) is 11.8. The standard InChI is InChI=1S/C26H42/c1-4-6-7-8-22-11-13-23(14-12-22)25-17-18-26(20(3)19-25)24-15-9-21(5-2)10-16-24/h9-10,15-16,20,22-23,25-26H,4-8,11-14,17-19H2,1-3H3/t20-,22?,23?,25?,26-/m1/s1. The molecule has 2 saturated carbocycles. The molecule has 0 spiro atoms. The molecular formula is C26H42. The largest absolute Gasteiger partial charge is 0.0654 e. The average molecular weight is 355 g/mol. The summed E-state index contributed by atoms with van der Waals surface area (Å²) < 4.78 is 0. The molecule has 0 heterocycles. The lowest BCUT2D eigenvalue weighted by atomic mass is 9.64. The van der Waals surface area contributed by atoms with Gasteiger partial charge in [0, 0.05) is 0 Å². The van der Waals surface area contributed by atoms with Gasteiger partial charge in [0.05, 0.1) is 0 Å². The Morgan fingerprint density at radius 2 is 1.50 bits per heavy atom. The van der Waals surface area contributed by atoms with Gasteiger partial charge in [-0.1, -0.05) is 83.6 Å². The molecule has 0 amide bonds. The van der Waals surface area contributed by atoms with Gasteiger partial charge in [0.25, 0.3) is 0 Å². The summed E-state index contributed by atoms with van der Waals surface area (Å²) in [4.78, 5) is 0. The number of aryl methyl sites for hydroxylation is 1. The van der Waals surface area contributed by atoms with Crippen LogP contribution in [-0.2, 0) is 6.42 Å².